The molecule has 0 bridgehead atoms. The number of halogens is 1. The maximum atomic E-state index is 10.9. The standard InChI is InChI=1S/C11H9BrO2/c12-6-2-1-5-3-8-9(7(5)4-6)10(8)11(13)14/h1-2,4,8-10H,3H2,(H,13,14)/t8-,9+,10-/m1/s1. The van der Waals surface area contributed by atoms with Crippen LogP contribution in [0.5, 0.6) is 0 Å². The van der Waals surface area contributed by atoms with Crippen LogP contribution >= 0.6 is 15.9 Å². The van der Waals surface area contributed by atoms with Gasteiger partial charge in [0.25, 0.3) is 0 Å². The Hall–Kier alpha value is -0.830. The van der Waals surface area contributed by atoms with Gasteiger partial charge in [-0.1, -0.05) is 22.0 Å². The lowest BCUT2D eigenvalue weighted by Crippen LogP contribution is -2.04. The Balaban J connectivity index is 2.01. The summed E-state index contributed by atoms with van der Waals surface area (Å²) in [5.41, 5.74) is 2.58. The molecular weight excluding hydrogens is 244 g/mol. The molecule has 0 spiro atoms. The Morgan fingerprint density at radius 2 is 2.29 bits per heavy atom. The van der Waals surface area contributed by atoms with Crippen molar-refractivity contribution in [2.75, 3.05) is 0 Å². The minimum atomic E-state index is -0.634. The Morgan fingerprint density at radius 3 is 3.00 bits per heavy atom. The van der Waals surface area contributed by atoms with Crippen LogP contribution < -0.4 is 0 Å². The van der Waals surface area contributed by atoms with E-state index in [0.717, 1.165) is 10.9 Å². The smallest absolute Gasteiger partial charge is 0.307 e. The Morgan fingerprint density at radius 1 is 1.50 bits per heavy atom. The van der Waals surface area contributed by atoms with Crippen LogP contribution in [0.1, 0.15) is 17.0 Å². The van der Waals surface area contributed by atoms with Gasteiger partial charge >= 0.3 is 5.97 Å². The summed E-state index contributed by atoms with van der Waals surface area (Å²) in [7, 11) is 0. The van der Waals surface area contributed by atoms with Gasteiger partial charge in [-0.05, 0) is 35.6 Å². The average molecular weight is 253 g/mol. The molecule has 14 heavy (non-hydrogen) atoms. The van der Waals surface area contributed by atoms with Gasteiger partial charge in [-0.2, -0.15) is 0 Å². The van der Waals surface area contributed by atoms with Gasteiger partial charge in [0.15, 0.2) is 0 Å². The number of hydrogen-bond donors (Lipinski definition) is 1. The van der Waals surface area contributed by atoms with Gasteiger partial charge in [0.2, 0.25) is 0 Å². The number of hydrogen-bond acceptors (Lipinski definition) is 1. The molecule has 3 heteroatoms. The van der Waals surface area contributed by atoms with E-state index >= 15 is 0 Å². The zero-order valence-corrected chi connectivity index (χ0v) is 8.99. The fourth-order valence-electron chi connectivity index (χ4n) is 2.70. The summed E-state index contributed by atoms with van der Waals surface area (Å²) in [4.78, 5) is 10.9. The Kier molecular flexibility index (Phi) is 1.57. The van der Waals surface area contributed by atoms with Crippen LogP contribution in [0.2, 0.25) is 0 Å². The van der Waals surface area contributed by atoms with Crippen LogP contribution in [0.3, 0.4) is 0 Å². The SMILES string of the molecule is O=C(O)[C@@H]1[C@@H]2Cc3ccc(Br)cc3[C@@H]21. The maximum absolute atomic E-state index is 10.9. The van der Waals surface area contributed by atoms with Crippen molar-refractivity contribution >= 4 is 21.9 Å². The molecule has 1 N–H and O–H groups in total. The van der Waals surface area contributed by atoms with Gasteiger partial charge in [-0.15, -0.1) is 0 Å². The zero-order chi connectivity index (χ0) is 9.87. The molecule has 2 nitrogen and oxygen atoms in total. The lowest BCUT2D eigenvalue weighted by Gasteiger charge is -2.04. The molecule has 0 aromatic heterocycles. The first-order chi connectivity index (χ1) is 6.68. The van der Waals surface area contributed by atoms with Crippen molar-refractivity contribution in [2.24, 2.45) is 11.8 Å². The van der Waals surface area contributed by atoms with E-state index in [1.165, 1.54) is 11.1 Å². The molecular formula is C11H9BrO2. The van der Waals surface area contributed by atoms with Crippen molar-refractivity contribution in [2.45, 2.75) is 12.3 Å². The van der Waals surface area contributed by atoms with Gasteiger partial charge < -0.3 is 5.11 Å². The zero-order valence-electron chi connectivity index (χ0n) is 7.40. The second-order valence-electron chi connectivity index (χ2n) is 4.10. The number of benzene rings is 1. The van der Waals surface area contributed by atoms with Crippen molar-refractivity contribution in [3.8, 4) is 0 Å². The van der Waals surface area contributed by atoms with E-state index in [1.807, 2.05) is 6.07 Å². The summed E-state index contributed by atoms with van der Waals surface area (Å²) in [6, 6.07) is 6.20. The molecule has 3 atom stereocenters. The maximum Gasteiger partial charge on any atom is 0.307 e. The highest BCUT2D eigenvalue weighted by molar-refractivity contribution is 9.10. The van der Waals surface area contributed by atoms with Crippen molar-refractivity contribution < 1.29 is 9.90 Å². The third-order valence-electron chi connectivity index (χ3n) is 3.38. The quantitative estimate of drug-likeness (QED) is 0.834. The van der Waals surface area contributed by atoms with E-state index in [1.54, 1.807) is 0 Å². The lowest BCUT2D eigenvalue weighted by atomic mass is 10.0. The fourth-order valence-corrected chi connectivity index (χ4v) is 3.08. The molecule has 1 saturated carbocycles. The predicted octanol–water partition coefficient (Wildman–Crippen LogP) is 2.42. The normalized spacial score (nSPS) is 32.2. The minimum absolute atomic E-state index is 0.114. The summed E-state index contributed by atoms with van der Waals surface area (Å²) in [5, 5.41) is 8.94. The third kappa shape index (κ3) is 0.989. The highest BCUT2D eigenvalue weighted by Crippen LogP contribution is 2.61. The number of aliphatic carboxylic acids is 1. The minimum Gasteiger partial charge on any atom is -0.481 e. The summed E-state index contributed by atoms with van der Waals surface area (Å²) < 4.78 is 1.05. The number of fused-ring (bicyclic) bond motifs is 3. The van der Waals surface area contributed by atoms with E-state index in [0.29, 0.717) is 11.8 Å². The third-order valence-corrected chi connectivity index (χ3v) is 3.87. The molecule has 72 valence electrons. The van der Waals surface area contributed by atoms with Crippen LogP contribution in [-0.2, 0) is 11.2 Å². The van der Waals surface area contributed by atoms with E-state index in [9.17, 15) is 4.79 Å². The van der Waals surface area contributed by atoms with Crippen molar-refractivity contribution in [1.82, 2.24) is 0 Å². The molecule has 0 unspecified atom stereocenters. The van der Waals surface area contributed by atoms with Gasteiger partial charge in [-0.25, -0.2) is 0 Å². The van der Waals surface area contributed by atoms with Gasteiger partial charge in [0.05, 0.1) is 5.92 Å². The first kappa shape index (κ1) is 8.48. The van der Waals surface area contributed by atoms with E-state index in [-0.39, 0.29) is 5.92 Å². The average Bonchev–Trinajstić information content (AvgIpc) is 2.73. The number of rotatable bonds is 1. The highest BCUT2D eigenvalue weighted by Gasteiger charge is 2.59. The van der Waals surface area contributed by atoms with Crippen molar-refractivity contribution in [3.63, 3.8) is 0 Å². The molecule has 0 heterocycles. The van der Waals surface area contributed by atoms with Crippen molar-refractivity contribution in [3.05, 3.63) is 33.8 Å². The number of carbonyl (C=O) groups is 1. The molecule has 3 rings (SSSR count). The first-order valence-electron chi connectivity index (χ1n) is 4.69. The molecule has 0 aliphatic heterocycles. The van der Waals surface area contributed by atoms with Gasteiger partial charge in [-0.3, -0.25) is 4.79 Å². The van der Waals surface area contributed by atoms with Crippen molar-refractivity contribution in [1.29, 1.82) is 0 Å². The van der Waals surface area contributed by atoms with Crippen LogP contribution in [0.25, 0.3) is 0 Å². The van der Waals surface area contributed by atoms with E-state index < -0.39 is 5.97 Å². The molecule has 0 amide bonds. The van der Waals surface area contributed by atoms with E-state index in [2.05, 4.69) is 28.1 Å². The fraction of sp³-hybridized carbons (Fsp3) is 0.364. The second-order valence-corrected chi connectivity index (χ2v) is 5.02. The second kappa shape index (κ2) is 2.60. The topological polar surface area (TPSA) is 37.3 Å². The number of carboxylic acid groups (broad SMARTS) is 1. The molecule has 2 aliphatic rings. The Bertz CT molecular complexity index is 427. The molecule has 1 aromatic rings. The van der Waals surface area contributed by atoms with Crippen LogP contribution in [0, 0.1) is 11.8 Å². The predicted molar refractivity (Wildman–Crippen MR) is 55.2 cm³/mol. The lowest BCUT2D eigenvalue weighted by molar-refractivity contribution is -0.139. The van der Waals surface area contributed by atoms with Gasteiger partial charge in [0, 0.05) is 10.4 Å². The summed E-state index contributed by atoms with van der Waals surface area (Å²) in [6.45, 7) is 0. The Labute approximate surface area is 90.1 Å². The first-order valence-corrected chi connectivity index (χ1v) is 5.49. The summed E-state index contributed by atoms with van der Waals surface area (Å²) in [5.74, 6) is -0.0841. The van der Waals surface area contributed by atoms with Gasteiger partial charge in [0.1, 0.15) is 0 Å². The van der Waals surface area contributed by atoms with Crippen LogP contribution in [0.15, 0.2) is 22.7 Å². The summed E-state index contributed by atoms with van der Waals surface area (Å²) >= 11 is 3.42. The molecule has 0 saturated heterocycles. The molecule has 2 aliphatic carbocycles. The summed E-state index contributed by atoms with van der Waals surface area (Å²) in [6.07, 6.45) is 0.949. The van der Waals surface area contributed by atoms with Crippen LogP contribution in [-0.4, -0.2) is 11.1 Å². The molecule has 1 aromatic carbocycles. The molecule has 1 fully saturated rings. The number of carboxylic acids is 1. The largest absolute Gasteiger partial charge is 0.481 e. The van der Waals surface area contributed by atoms with E-state index in [4.69, 9.17) is 5.11 Å². The highest BCUT2D eigenvalue weighted by atomic mass is 79.9. The molecule has 0 radical (unpaired) electrons. The monoisotopic (exact) mass is 252 g/mol. The van der Waals surface area contributed by atoms with Crippen LogP contribution in [0.4, 0.5) is 0 Å².